The highest BCUT2D eigenvalue weighted by molar-refractivity contribution is 9.10. The van der Waals surface area contributed by atoms with Crippen LogP contribution in [0.25, 0.3) is 0 Å². The smallest absolute Gasteiger partial charge is 0.283 e. The van der Waals surface area contributed by atoms with Crippen molar-refractivity contribution >= 4 is 21.6 Å². The fourth-order valence-electron chi connectivity index (χ4n) is 2.02. The molecule has 20 heavy (non-hydrogen) atoms. The van der Waals surface area contributed by atoms with Gasteiger partial charge in [-0.25, -0.2) is 9.67 Å². The molecule has 0 amide bonds. The molecule has 0 aliphatic heterocycles. The third-order valence-corrected chi connectivity index (χ3v) is 4.14. The number of rotatable bonds is 6. The van der Waals surface area contributed by atoms with E-state index in [-0.39, 0.29) is 5.56 Å². The summed E-state index contributed by atoms with van der Waals surface area (Å²) in [5, 5.41) is 7.44. The van der Waals surface area contributed by atoms with Gasteiger partial charge in [-0.3, -0.25) is 4.79 Å². The van der Waals surface area contributed by atoms with Crippen LogP contribution < -0.4 is 10.9 Å². The van der Waals surface area contributed by atoms with Crippen LogP contribution in [-0.4, -0.2) is 26.3 Å². The van der Waals surface area contributed by atoms with Crippen LogP contribution in [0.2, 0.25) is 0 Å². The summed E-state index contributed by atoms with van der Waals surface area (Å²) in [5.41, 5.74) is 1.73. The highest BCUT2D eigenvalue weighted by Crippen LogP contribution is 2.30. The molecule has 1 fully saturated rings. The molecule has 0 bridgehead atoms. The molecule has 2 aromatic rings. The fourth-order valence-corrected chi connectivity index (χ4v) is 2.46. The van der Waals surface area contributed by atoms with Crippen molar-refractivity contribution in [1.29, 1.82) is 0 Å². The van der Waals surface area contributed by atoms with Gasteiger partial charge in [-0.15, -0.1) is 0 Å². The summed E-state index contributed by atoms with van der Waals surface area (Å²) in [6, 6.07) is 0. The Labute approximate surface area is 124 Å². The molecule has 1 aliphatic carbocycles. The molecule has 106 valence electrons. The van der Waals surface area contributed by atoms with E-state index in [0.717, 1.165) is 24.3 Å². The molecule has 0 aromatic carbocycles. The molecule has 0 spiro atoms. The van der Waals surface area contributed by atoms with Crippen LogP contribution in [0.1, 0.15) is 18.5 Å². The van der Waals surface area contributed by atoms with Crippen LogP contribution in [0.4, 0.5) is 5.69 Å². The van der Waals surface area contributed by atoms with Crippen LogP contribution in [0.3, 0.4) is 0 Å². The average molecular weight is 338 g/mol. The lowest BCUT2D eigenvalue weighted by molar-refractivity contribution is 0.532. The first-order chi connectivity index (χ1) is 9.74. The standard InChI is InChI=1S/C13H16BrN5O/c14-12-11(16-4-3-10-5-15-8-17-10)6-18-19(13(12)20)7-9-1-2-9/h5-6,8-9,16H,1-4,7H2,(H,15,17). The molecule has 0 unspecified atom stereocenters. The molecule has 2 aromatic heterocycles. The van der Waals surface area contributed by atoms with E-state index >= 15 is 0 Å². The topological polar surface area (TPSA) is 75.6 Å². The minimum atomic E-state index is -0.0663. The van der Waals surface area contributed by atoms with Crippen molar-refractivity contribution in [3.63, 3.8) is 0 Å². The number of anilines is 1. The fraction of sp³-hybridized carbons (Fsp3) is 0.462. The molecule has 0 atom stereocenters. The van der Waals surface area contributed by atoms with E-state index in [4.69, 9.17) is 0 Å². The first kappa shape index (κ1) is 13.4. The van der Waals surface area contributed by atoms with E-state index in [0.29, 0.717) is 16.9 Å². The second-order valence-corrected chi connectivity index (χ2v) is 5.85. The van der Waals surface area contributed by atoms with Gasteiger partial charge >= 0.3 is 0 Å². The van der Waals surface area contributed by atoms with E-state index in [1.807, 2.05) is 0 Å². The number of hydrogen-bond donors (Lipinski definition) is 2. The predicted octanol–water partition coefficient (Wildman–Crippen LogP) is 1.79. The molecule has 3 rings (SSSR count). The van der Waals surface area contributed by atoms with Crippen molar-refractivity contribution in [2.45, 2.75) is 25.8 Å². The highest BCUT2D eigenvalue weighted by atomic mass is 79.9. The van der Waals surface area contributed by atoms with Crippen molar-refractivity contribution in [2.24, 2.45) is 5.92 Å². The summed E-state index contributed by atoms with van der Waals surface area (Å²) in [6.45, 7) is 1.44. The third-order valence-electron chi connectivity index (χ3n) is 3.38. The molecular formula is C13H16BrN5O. The summed E-state index contributed by atoms with van der Waals surface area (Å²) in [4.78, 5) is 19.2. The van der Waals surface area contributed by atoms with Gasteiger partial charge < -0.3 is 10.3 Å². The predicted molar refractivity (Wildman–Crippen MR) is 79.7 cm³/mol. The number of halogens is 1. The van der Waals surface area contributed by atoms with Crippen molar-refractivity contribution in [3.05, 3.63) is 39.2 Å². The van der Waals surface area contributed by atoms with Gasteiger partial charge in [0.25, 0.3) is 5.56 Å². The van der Waals surface area contributed by atoms with Crippen molar-refractivity contribution < 1.29 is 0 Å². The number of aromatic nitrogens is 4. The maximum Gasteiger partial charge on any atom is 0.283 e. The molecular weight excluding hydrogens is 322 g/mol. The maximum absolute atomic E-state index is 12.1. The lowest BCUT2D eigenvalue weighted by atomic mass is 10.3. The van der Waals surface area contributed by atoms with Gasteiger partial charge in [0, 0.05) is 31.4 Å². The Kier molecular flexibility index (Phi) is 3.86. The lowest BCUT2D eigenvalue weighted by Gasteiger charge is -2.09. The van der Waals surface area contributed by atoms with Crippen LogP contribution in [-0.2, 0) is 13.0 Å². The molecule has 7 heteroatoms. The molecule has 2 heterocycles. The summed E-state index contributed by atoms with van der Waals surface area (Å²) in [6.07, 6.45) is 8.39. The first-order valence-corrected chi connectivity index (χ1v) is 7.50. The highest BCUT2D eigenvalue weighted by Gasteiger charge is 2.23. The third kappa shape index (κ3) is 3.09. The molecule has 1 aliphatic rings. The van der Waals surface area contributed by atoms with Gasteiger partial charge in [-0.2, -0.15) is 5.10 Å². The van der Waals surface area contributed by atoms with Crippen molar-refractivity contribution in [1.82, 2.24) is 19.7 Å². The lowest BCUT2D eigenvalue weighted by Crippen LogP contribution is -2.25. The minimum absolute atomic E-state index is 0.0663. The summed E-state index contributed by atoms with van der Waals surface area (Å²) in [5.74, 6) is 0.631. The maximum atomic E-state index is 12.1. The zero-order valence-electron chi connectivity index (χ0n) is 11.0. The second kappa shape index (κ2) is 5.78. The summed E-state index contributed by atoms with van der Waals surface area (Å²) < 4.78 is 2.10. The number of nitrogens with one attached hydrogen (secondary N) is 2. The molecule has 2 N–H and O–H groups in total. The first-order valence-electron chi connectivity index (χ1n) is 6.71. The Hall–Kier alpha value is -1.63. The van der Waals surface area contributed by atoms with E-state index < -0.39 is 0 Å². The summed E-state index contributed by atoms with van der Waals surface area (Å²) in [7, 11) is 0. The Morgan fingerprint density at radius 2 is 2.30 bits per heavy atom. The molecule has 0 saturated heterocycles. The van der Waals surface area contributed by atoms with E-state index in [2.05, 4.69) is 36.3 Å². The normalized spacial score (nSPS) is 14.4. The van der Waals surface area contributed by atoms with E-state index in [1.165, 1.54) is 12.8 Å². The largest absolute Gasteiger partial charge is 0.382 e. The van der Waals surface area contributed by atoms with E-state index in [1.54, 1.807) is 23.4 Å². The quantitative estimate of drug-likeness (QED) is 0.842. The van der Waals surface area contributed by atoms with Gasteiger partial charge in [0.2, 0.25) is 0 Å². The minimum Gasteiger partial charge on any atom is -0.382 e. The van der Waals surface area contributed by atoms with Crippen LogP contribution in [0.5, 0.6) is 0 Å². The van der Waals surface area contributed by atoms with E-state index in [9.17, 15) is 4.79 Å². The Morgan fingerprint density at radius 3 is 3.00 bits per heavy atom. The summed E-state index contributed by atoms with van der Waals surface area (Å²) >= 11 is 3.36. The van der Waals surface area contributed by atoms with Gasteiger partial charge in [0.1, 0.15) is 4.47 Å². The average Bonchev–Trinajstić information content (AvgIpc) is 3.11. The Bertz CT molecular complexity index is 633. The van der Waals surface area contributed by atoms with Gasteiger partial charge in [0.05, 0.1) is 18.2 Å². The van der Waals surface area contributed by atoms with Gasteiger partial charge in [0.15, 0.2) is 0 Å². The molecule has 6 nitrogen and oxygen atoms in total. The van der Waals surface area contributed by atoms with Crippen molar-refractivity contribution in [2.75, 3.05) is 11.9 Å². The number of H-pyrrole nitrogens is 1. The van der Waals surface area contributed by atoms with Gasteiger partial charge in [-0.05, 0) is 34.7 Å². The number of imidazole rings is 1. The van der Waals surface area contributed by atoms with Crippen LogP contribution in [0, 0.1) is 5.92 Å². The molecule has 1 saturated carbocycles. The van der Waals surface area contributed by atoms with Gasteiger partial charge in [-0.1, -0.05) is 0 Å². The number of aromatic amines is 1. The zero-order valence-corrected chi connectivity index (χ0v) is 12.6. The van der Waals surface area contributed by atoms with Crippen LogP contribution in [0.15, 0.2) is 28.0 Å². The zero-order chi connectivity index (χ0) is 13.9. The number of nitrogens with zero attached hydrogens (tertiary/aromatic N) is 3. The molecule has 0 radical (unpaired) electrons. The van der Waals surface area contributed by atoms with Crippen molar-refractivity contribution in [3.8, 4) is 0 Å². The Morgan fingerprint density at radius 1 is 1.45 bits per heavy atom. The second-order valence-electron chi connectivity index (χ2n) is 5.06. The monoisotopic (exact) mass is 337 g/mol. The SMILES string of the molecule is O=c1c(Br)c(NCCc2cnc[nH]2)cnn1CC1CC1. The number of hydrogen-bond acceptors (Lipinski definition) is 4. The Balaban J connectivity index is 1.64. The van der Waals surface area contributed by atoms with Crippen LogP contribution >= 0.6 is 15.9 Å².